The van der Waals surface area contributed by atoms with E-state index in [1.165, 1.54) is 29.2 Å². The molecular weight excluding hydrogens is 517 g/mol. The van der Waals surface area contributed by atoms with Crippen molar-refractivity contribution in [1.82, 2.24) is 4.90 Å². The van der Waals surface area contributed by atoms with E-state index in [1.807, 2.05) is 18.2 Å². The van der Waals surface area contributed by atoms with Gasteiger partial charge < -0.3 is 19.7 Å². The van der Waals surface area contributed by atoms with Gasteiger partial charge in [-0.05, 0) is 84.9 Å². The van der Waals surface area contributed by atoms with E-state index >= 15 is 0 Å². The van der Waals surface area contributed by atoms with Crippen molar-refractivity contribution < 1.29 is 23.5 Å². The minimum absolute atomic E-state index is 0.120. The molecule has 1 saturated heterocycles. The van der Waals surface area contributed by atoms with Gasteiger partial charge in [-0.15, -0.1) is 0 Å². The van der Waals surface area contributed by atoms with Crippen LogP contribution < -0.4 is 19.7 Å². The number of hydrogen-bond donors (Lipinski definition) is 1. The number of carbonyl (C=O) groups excluding carboxylic acids is 2. The lowest BCUT2D eigenvalue weighted by molar-refractivity contribution is -0.124. The highest BCUT2D eigenvalue weighted by Crippen LogP contribution is 2.30. The first-order valence-electron chi connectivity index (χ1n) is 11.5. The van der Waals surface area contributed by atoms with Gasteiger partial charge in [-0.2, -0.15) is 0 Å². The van der Waals surface area contributed by atoms with Crippen LogP contribution in [0, 0.1) is 5.82 Å². The zero-order chi connectivity index (χ0) is 26.5. The number of methoxy groups -OCH3 is 2. The van der Waals surface area contributed by atoms with Crippen molar-refractivity contribution in [2.24, 2.45) is 0 Å². The first-order valence-corrected chi connectivity index (χ1v) is 12.3. The molecule has 3 aromatic rings. The Bertz CT molecular complexity index is 1300. The molecule has 0 aromatic heterocycles. The summed E-state index contributed by atoms with van der Waals surface area (Å²) in [6, 6.07) is 16.9. The normalized spacial score (nSPS) is 15.2. The first-order chi connectivity index (χ1) is 17.8. The molecule has 0 aliphatic carbocycles. The molecule has 0 radical (unpaired) electrons. The van der Waals surface area contributed by atoms with Gasteiger partial charge in [0.05, 0.1) is 26.3 Å². The van der Waals surface area contributed by atoms with Gasteiger partial charge in [0.25, 0.3) is 5.91 Å². The van der Waals surface area contributed by atoms with Gasteiger partial charge in [-0.3, -0.25) is 14.5 Å². The van der Waals surface area contributed by atoms with Crippen LogP contribution in [0.2, 0.25) is 5.02 Å². The van der Waals surface area contributed by atoms with Gasteiger partial charge in [0.15, 0.2) is 16.6 Å². The average molecular weight is 542 g/mol. The van der Waals surface area contributed by atoms with Crippen LogP contribution in [0.25, 0.3) is 0 Å². The van der Waals surface area contributed by atoms with Crippen LogP contribution >= 0.6 is 23.8 Å². The lowest BCUT2D eigenvalue weighted by atomic mass is 10.1. The Balaban J connectivity index is 1.56. The average Bonchev–Trinajstić information content (AvgIpc) is 3.12. The molecule has 10 heteroatoms. The molecule has 7 nitrogen and oxygen atoms in total. The summed E-state index contributed by atoms with van der Waals surface area (Å²) in [5, 5.41) is 3.60. The zero-order valence-electron chi connectivity index (χ0n) is 20.2. The number of benzene rings is 3. The predicted octanol–water partition coefficient (Wildman–Crippen LogP) is 5.07. The zero-order valence-corrected chi connectivity index (χ0v) is 21.8. The van der Waals surface area contributed by atoms with Crippen LogP contribution in [-0.2, 0) is 16.0 Å². The molecule has 3 aromatic carbocycles. The van der Waals surface area contributed by atoms with Crippen molar-refractivity contribution in [3.05, 3.63) is 83.1 Å². The maximum Gasteiger partial charge on any atom is 0.256 e. The Hall–Kier alpha value is -3.69. The number of nitrogens with one attached hydrogen (secondary N) is 1. The third-order valence-electron chi connectivity index (χ3n) is 6.00. The van der Waals surface area contributed by atoms with Crippen LogP contribution in [0.3, 0.4) is 0 Å². The molecule has 0 spiro atoms. The fraction of sp³-hybridized carbons (Fsp3) is 0.222. The van der Waals surface area contributed by atoms with Gasteiger partial charge in [-0.25, -0.2) is 4.39 Å². The molecule has 0 bridgehead atoms. The smallest absolute Gasteiger partial charge is 0.256 e. The third-order valence-corrected chi connectivity index (χ3v) is 6.67. The van der Waals surface area contributed by atoms with E-state index in [0.29, 0.717) is 40.9 Å². The van der Waals surface area contributed by atoms with Gasteiger partial charge in [0, 0.05) is 17.3 Å². The quantitative estimate of drug-likeness (QED) is 0.381. The number of amides is 2. The first kappa shape index (κ1) is 26.4. The molecule has 192 valence electrons. The van der Waals surface area contributed by atoms with Crippen molar-refractivity contribution >= 4 is 52.1 Å². The van der Waals surface area contributed by atoms with Crippen molar-refractivity contribution in [2.45, 2.75) is 18.9 Å². The highest BCUT2D eigenvalue weighted by atomic mass is 35.5. The second-order valence-electron chi connectivity index (χ2n) is 8.34. The fourth-order valence-electron chi connectivity index (χ4n) is 4.12. The molecule has 1 N–H and O–H groups in total. The van der Waals surface area contributed by atoms with E-state index in [-0.39, 0.29) is 23.3 Å². The van der Waals surface area contributed by atoms with Crippen LogP contribution in [0.15, 0.2) is 66.7 Å². The van der Waals surface area contributed by atoms with Gasteiger partial charge in [0.1, 0.15) is 11.9 Å². The summed E-state index contributed by atoms with van der Waals surface area (Å²) >= 11 is 11.6. The van der Waals surface area contributed by atoms with Crippen molar-refractivity contribution in [3.63, 3.8) is 0 Å². The number of ether oxygens (including phenoxy) is 2. The van der Waals surface area contributed by atoms with Crippen molar-refractivity contribution in [1.29, 1.82) is 0 Å². The number of carbonyl (C=O) groups is 2. The molecular formula is C27H25ClFN3O4S. The van der Waals surface area contributed by atoms with E-state index in [2.05, 4.69) is 5.32 Å². The lowest BCUT2D eigenvalue weighted by Crippen LogP contribution is -2.39. The molecule has 1 aliphatic rings. The fourth-order valence-corrected chi connectivity index (χ4v) is 4.66. The summed E-state index contributed by atoms with van der Waals surface area (Å²) in [5.74, 6) is 0.0745. The van der Waals surface area contributed by atoms with Crippen LogP contribution in [0.1, 0.15) is 12.0 Å². The second kappa shape index (κ2) is 11.6. The summed E-state index contributed by atoms with van der Waals surface area (Å²) in [6.07, 6.45) is 0.408. The number of rotatable bonds is 9. The van der Waals surface area contributed by atoms with Crippen LogP contribution in [0.5, 0.6) is 11.5 Å². The highest BCUT2D eigenvalue weighted by Gasteiger charge is 2.43. The van der Waals surface area contributed by atoms with Gasteiger partial charge >= 0.3 is 0 Å². The Morgan fingerprint density at radius 1 is 1.03 bits per heavy atom. The number of nitrogens with zero attached hydrogens (tertiary/aromatic N) is 2. The number of hydrogen-bond acceptors (Lipinski definition) is 5. The summed E-state index contributed by atoms with van der Waals surface area (Å²) in [7, 11) is 3.13. The molecule has 0 saturated carbocycles. The van der Waals surface area contributed by atoms with E-state index in [9.17, 15) is 14.0 Å². The van der Waals surface area contributed by atoms with E-state index in [1.54, 1.807) is 43.4 Å². The van der Waals surface area contributed by atoms with Gasteiger partial charge in [-0.1, -0.05) is 17.7 Å². The lowest BCUT2D eigenvalue weighted by Gasteiger charge is -2.24. The third kappa shape index (κ3) is 6.00. The van der Waals surface area contributed by atoms with Gasteiger partial charge in [0.2, 0.25) is 5.91 Å². The molecule has 1 heterocycles. The van der Waals surface area contributed by atoms with E-state index in [4.69, 9.17) is 33.3 Å². The summed E-state index contributed by atoms with van der Waals surface area (Å²) in [5.41, 5.74) is 1.94. The van der Waals surface area contributed by atoms with E-state index < -0.39 is 11.9 Å². The van der Waals surface area contributed by atoms with Crippen LogP contribution in [-0.4, -0.2) is 48.6 Å². The molecule has 1 aliphatic heterocycles. The van der Waals surface area contributed by atoms with E-state index in [0.717, 1.165) is 5.56 Å². The number of thiocarbonyl (C=S) groups is 1. The minimum atomic E-state index is -0.829. The number of halogens is 2. The SMILES string of the molecule is COc1ccc(CCN2C(=S)N(c3ccc(F)cc3)C(=O)C2CC(=O)Nc2ccc(Cl)cc2)cc1OC. The molecule has 2 amide bonds. The van der Waals surface area contributed by atoms with Crippen molar-refractivity contribution in [3.8, 4) is 11.5 Å². The molecule has 1 fully saturated rings. The summed E-state index contributed by atoms with van der Waals surface area (Å²) in [4.78, 5) is 29.5. The maximum atomic E-state index is 13.5. The largest absolute Gasteiger partial charge is 0.493 e. The number of anilines is 2. The molecule has 1 unspecified atom stereocenters. The van der Waals surface area contributed by atoms with Crippen LogP contribution in [0.4, 0.5) is 15.8 Å². The monoisotopic (exact) mass is 541 g/mol. The maximum absolute atomic E-state index is 13.5. The standard InChI is InChI=1S/C27H25ClFN3O4S/c1-35-23-12-3-17(15-24(23)36-2)13-14-31-22(16-25(33)30-20-8-4-18(28)5-9-20)26(34)32(27(31)37)21-10-6-19(29)7-11-21/h3-12,15,22H,13-14,16H2,1-2H3,(H,30,33). The Morgan fingerprint density at radius 2 is 1.70 bits per heavy atom. The summed E-state index contributed by atoms with van der Waals surface area (Å²) < 4.78 is 24.2. The second-order valence-corrected chi connectivity index (χ2v) is 9.14. The predicted molar refractivity (Wildman–Crippen MR) is 145 cm³/mol. The topological polar surface area (TPSA) is 71.1 Å². The summed E-state index contributed by atoms with van der Waals surface area (Å²) in [6.45, 7) is 0.372. The molecule has 1 atom stereocenters. The Morgan fingerprint density at radius 3 is 2.35 bits per heavy atom. The highest BCUT2D eigenvalue weighted by molar-refractivity contribution is 7.80. The van der Waals surface area contributed by atoms with Crippen molar-refractivity contribution in [2.75, 3.05) is 31.0 Å². The minimum Gasteiger partial charge on any atom is -0.493 e. The molecule has 4 rings (SSSR count). The molecule has 37 heavy (non-hydrogen) atoms. The Labute approximate surface area is 224 Å². The Kier molecular flexibility index (Phi) is 8.25.